The molecule has 1 N–H and O–H groups in total. The largest absolute Gasteiger partial charge is 0.464 e. The Morgan fingerprint density at radius 1 is 1.35 bits per heavy atom. The quantitative estimate of drug-likeness (QED) is 0.776. The molecule has 0 unspecified atom stereocenters. The lowest BCUT2D eigenvalue weighted by Gasteiger charge is -2.23. The van der Waals surface area contributed by atoms with Crippen LogP contribution in [0.2, 0.25) is 0 Å². The molecular weight excluding hydrogens is 222 g/mol. The van der Waals surface area contributed by atoms with E-state index in [0.717, 1.165) is 0 Å². The van der Waals surface area contributed by atoms with Crippen LogP contribution in [0.15, 0.2) is 12.1 Å². The smallest absolute Gasteiger partial charge is 0.358 e. The number of methoxy groups -OCH3 is 2. The van der Waals surface area contributed by atoms with Crippen molar-refractivity contribution >= 4 is 11.8 Å². The summed E-state index contributed by atoms with van der Waals surface area (Å²) in [4.78, 5) is 11.1. The van der Waals surface area contributed by atoms with Gasteiger partial charge < -0.3 is 14.8 Å². The molecule has 0 aliphatic rings. The second-order valence-corrected chi connectivity index (χ2v) is 4.11. The number of nitrogens with one attached hydrogen (secondary N) is 1. The second-order valence-electron chi connectivity index (χ2n) is 4.11. The number of ether oxygens (including phenoxy) is 2. The monoisotopic (exact) mass is 239 g/mol. The van der Waals surface area contributed by atoms with Crippen molar-refractivity contribution in [3.8, 4) is 0 Å². The number of rotatable bonds is 5. The molecule has 0 atom stereocenters. The molecular formula is C11H17N3O3. The van der Waals surface area contributed by atoms with Gasteiger partial charge in [0, 0.05) is 13.7 Å². The molecule has 1 aromatic heterocycles. The van der Waals surface area contributed by atoms with Gasteiger partial charge in [-0.2, -0.15) is 0 Å². The molecule has 0 saturated carbocycles. The molecule has 0 bridgehead atoms. The van der Waals surface area contributed by atoms with Crippen molar-refractivity contribution in [1.29, 1.82) is 0 Å². The van der Waals surface area contributed by atoms with E-state index in [2.05, 4.69) is 20.3 Å². The van der Waals surface area contributed by atoms with E-state index in [0.29, 0.717) is 12.4 Å². The molecule has 17 heavy (non-hydrogen) atoms. The van der Waals surface area contributed by atoms with Crippen LogP contribution in [0.5, 0.6) is 0 Å². The predicted octanol–water partition coefficient (Wildman–Crippen LogP) is 1.10. The minimum absolute atomic E-state index is 0.184. The van der Waals surface area contributed by atoms with Gasteiger partial charge in [-0.1, -0.05) is 0 Å². The van der Waals surface area contributed by atoms with E-state index >= 15 is 0 Å². The zero-order valence-corrected chi connectivity index (χ0v) is 10.5. The van der Waals surface area contributed by atoms with Gasteiger partial charge in [-0.25, -0.2) is 4.79 Å². The summed E-state index contributed by atoms with van der Waals surface area (Å²) in [5, 5.41) is 10.7. The summed E-state index contributed by atoms with van der Waals surface area (Å²) in [6, 6.07) is 3.23. The molecule has 0 aliphatic heterocycles. The van der Waals surface area contributed by atoms with E-state index in [1.807, 2.05) is 13.8 Å². The molecule has 6 nitrogen and oxygen atoms in total. The molecule has 0 spiro atoms. The van der Waals surface area contributed by atoms with Gasteiger partial charge in [0.15, 0.2) is 5.69 Å². The lowest BCUT2D eigenvalue weighted by Crippen LogP contribution is -2.32. The van der Waals surface area contributed by atoms with Crippen LogP contribution < -0.4 is 5.32 Å². The summed E-state index contributed by atoms with van der Waals surface area (Å²) in [7, 11) is 2.95. The summed E-state index contributed by atoms with van der Waals surface area (Å²) >= 11 is 0. The van der Waals surface area contributed by atoms with Crippen LogP contribution in [-0.2, 0) is 9.47 Å². The maximum atomic E-state index is 11.1. The van der Waals surface area contributed by atoms with Gasteiger partial charge >= 0.3 is 5.97 Å². The number of hydrogen-bond donors (Lipinski definition) is 1. The van der Waals surface area contributed by atoms with Gasteiger partial charge in [-0.15, -0.1) is 10.2 Å². The SMILES string of the molecule is COC(=O)c1ccc(NCC(C)(C)OC)nn1. The van der Waals surface area contributed by atoms with E-state index in [1.54, 1.807) is 19.2 Å². The topological polar surface area (TPSA) is 73.3 Å². The van der Waals surface area contributed by atoms with E-state index in [-0.39, 0.29) is 11.3 Å². The first-order valence-corrected chi connectivity index (χ1v) is 5.19. The summed E-state index contributed by atoms with van der Waals surface area (Å²) in [5.41, 5.74) is -0.105. The molecule has 6 heteroatoms. The number of nitrogens with zero attached hydrogens (tertiary/aromatic N) is 2. The van der Waals surface area contributed by atoms with Crippen molar-refractivity contribution in [1.82, 2.24) is 10.2 Å². The second kappa shape index (κ2) is 5.58. The standard InChI is InChI=1S/C11H17N3O3/c1-11(2,17-4)7-12-9-6-5-8(13-14-9)10(15)16-3/h5-6H,7H2,1-4H3,(H,12,14). The van der Waals surface area contributed by atoms with Crippen LogP contribution in [0.1, 0.15) is 24.3 Å². The molecule has 0 fully saturated rings. The molecule has 0 radical (unpaired) electrons. The van der Waals surface area contributed by atoms with Gasteiger partial charge in [0.25, 0.3) is 0 Å². The molecule has 0 aliphatic carbocycles. The van der Waals surface area contributed by atoms with Crippen LogP contribution in [0.4, 0.5) is 5.82 Å². The zero-order chi connectivity index (χ0) is 12.9. The highest BCUT2D eigenvalue weighted by atomic mass is 16.5. The van der Waals surface area contributed by atoms with Crippen molar-refractivity contribution in [3.05, 3.63) is 17.8 Å². The van der Waals surface area contributed by atoms with Crippen molar-refractivity contribution in [2.45, 2.75) is 19.4 Å². The van der Waals surface area contributed by atoms with E-state index < -0.39 is 5.97 Å². The third-order valence-corrected chi connectivity index (χ3v) is 2.31. The number of hydrogen-bond acceptors (Lipinski definition) is 6. The maximum absolute atomic E-state index is 11.1. The van der Waals surface area contributed by atoms with Gasteiger partial charge in [-0.3, -0.25) is 0 Å². The summed E-state index contributed by atoms with van der Waals surface area (Å²) in [5.74, 6) is 0.0871. The van der Waals surface area contributed by atoms with Crippen LogP contribution in [0.25, 0.3) is 0 Å². The lowest BCUT2D eigenvalue weighted by atomic mass is 10.1. The van der Waals surface area contributed by atoms with Gasteiger partial charge in [0.2, 0.25) is 0 Å². The Kier molecular flexibility index (Phi) is 4.39. The average Bonchev–Trinajstić information content (AvgIpc) is 2.36. The van der Waals surface area contributed by atoms with Crippen molar-refractivity contribution < 1.29 is 14.3 Å². The minimum atomic E-state index is -0.499. The third kappa shape index (κ3) is 3.99. The first-order valence-electron chi connectivity index (χ1n) is 5.19. The number of aromatic nitrogens is 2. The highest BCUT2D eigenvalue weighted by Crippen LogP contribution is 2.09. The summed E-state index contributed by atoms with van der Waals surface area (Å²) in [6.45, 7) is 4.50. The van der Waals surface area contributed by atoms with Gasteiger partial charge in [0.05, 0.1) is 12.7 Å². The Labute approximate surface area is 100 Å². The Hall–Kier alpha value is -1.69. The normalized spacial score (nSPS) is 11.1. The van der Waals surface area contributed by atoms with Crippen LogP contribution in [0.3, 0.4) is 0 Å². The van der Waals surface area contributed by atoms with Crippen molar-refractivity contribution in [2.75, 3.05) is 26.1 Å². The van der Waals surface area contributed by atoms with Crippen molar-refractivity contribution in [2.24, 2.45) is 0 Å². The Bertz CT molecular complexity index is 376. The maximum Gasteiger partial charge on any atom is 0.358 e. The Morgan fingerprint density at radius 2 is 2.06 bits per heavy atom. The summed E-state index contributed by atoms with van der Waals surface area (Å²) < 4.78 is 9.78. The molecule has 0 aromatic carbocycles. The van der Waals surface area contributed by atoms with Gasteiger partial charge in [-0.05, 0) is 26.0 Å². The van der Waals surface area contributed by atoms with E-state index in [1.165, 1.54) is 7.11 Å². The van der Waals surface area contributed by atoms with E-state index in [4.69, 9.17) is 4.74 Å². The minimum Gasteiger partial charge on any atom is -0.464 e. The first-order chi connectivity index (χ1) is 7.98. The summed E-state index contributed by atoms with van der Waals surface area (Å²) in [6.07, 6.45) is 0. The molecule has 1 rings (SSSR count). The number of esters is 1. The van der Waals surface area contributed by atoms with Gasteiger partial charge in [0.1, 0.15) is 5.82 Å². The fourth-order valence-corrected chi connectivity index (χ4v) is 1.02. The van der Waals surface area contributed by atoms with E-state index in [9.17, 15) is 4.79 Å². The molecule has 0 saturated heterocycles. The predicted molar refractivity (Wildman–Crippen MR) is 62.9 cm³/mol. The number of anilines is 1. The molecule has 1 heterocycles. The Morgan fingerprint density at radius 3 is 2.53 bits per heavy atom. The molecule has 0 amide bonds. The highest BCUT2D eigenvalue weighted by molar-refractivity contribution is 5.86. The van der Waals surface area contributed by atoms with Crippen LogP contribution >= 0.6 is 0 Å². The number of carbonyl (C=O) groups is 1. The zero-order valence-electron chi connectivity index (χ0n) is 10.5. The lowest BCUT2D eigenvalue weighted by molar-refractivity contribution is 0.0343. The highest BCUT2D eigenvalue weighted by Gasteiger charge is 2.16. The fraction of sp³-hybridized carbons (Fsp3) is 0.545. The Balaban J connectivity index is 2.60. The third-order valence-electron chi connectivity index (χ3n) is 2.31. The number of carbonyl (C=O) groups excluding carboxylic acids is 1. The van der Waals surface area contributed by atoms with Crippen LogP contribution in [-0.4, -0.2) is 42.5 Å². The fourth-order valence-electron chi connectivity index (χ4n) is 1.02. The van der Waals surface area contributed by atoms with Crippen LogP contribution in [0, 0.1) is 0 Å². The average molecular weight is 239 g/mol. The van der Waals surface area contributed by atoms with Crippen molar-refractivity contribution in [3.63, 3.8) is 0 Å². The molecule has 94 valence electrons. The molecule has 1 aromatic rings. The first kappa shape index (κ1) is 13.4.